The third-order valence-corrected chi connectivity index (χ3v) is 5.89. The number of nitrogens with zero attached hydrogens (tertiary/aromatic N) is 2. The maximum Gasteiger partial charge on any atom is 0.275 e. The molecule has 3 aromatic carbocycles. The van der Waals surface area contributed by atoms with Crippen LogP contribution in [-0.4, -0.2) is 16.2 Å². The van der Waals surface area contributed by atoms with Crippen LogP contribution in [-0.2, 0) is 13.1 Å². The van der Waals surface area contributed by atoms with E-state index in [4.69, 9.17) is 4.74 Å². The quantitative estimate of drug-likeness (QED) is 0.322. The van der Waals surface area contributed by atoms with Crippen molar-refractivity contribution in [2.45, 2.75) is 13.1 Å². The Morgan fingerprint density at radius 1 is 0.844 bits per heavy atom. The highest BCUT2D eigenvalue weighted by molar-refractivity contribution is 6.10. The molecule has 2 aromatic heterocycles. The van der Waals surface area contributed by atoms with E-state index < -0.39 is 0 Å². The van der Waals surface area contributed by atoms with Crippen molar-refractivity contribution in [2.24, 2.45) is 0 Å². The first-order chi connectivity index (χ1) is 15.7. The van der Waals surface area contributed by atoms with Gasteiger partial charge in [-0.1, -0.05) is 78.9 Å². The highest BCUT2D eigenvalue weighted by Gasteiger charge is 2.20. The second-order valence-corrected chi connectivity index (χ2v) is 7.79. The van der Waals surface area contributed by atoms with Gasteiger partial charge >= 0.3 is 0 Å². The lowest BCUT2D eigenvalue weighted by Gasteiger charge is -2.14. The van der Waals surface area contributed by atoms with Crippen LogP contribution in [0.3, 0.4) is 0 Å². The van der Waals surface area contributed by atoms with Gasteiger partial charge in [0.15, 0.2) is 0 Å². The number of pyridine rings is 1. The van der Waals surface area contributed by atoms with Crippen molar-refractivity contribution in [3.05, 3.63) is 114 Å². The van der Waals surface area contributed by atoms with E-state index in [9.17, 15) is 4.79 Å². The first-order valence-electron chi connectivity index (χ1n) is 10.7. The lowest BCUT2D eigenvalue weighted by molar-refractivity contribution is 0.417. The van der Waals surface area contributed by atoms with E-state index in [1.54, 1.807) is 17.8 Å². The molecule has 0 spiro atoms. The van der Waals surface area contributed by atoms with Gasteiger partial charge < -0.3 is 13.9 Å². The molecule has 0 saturated carbocycles. The van der Waals surface area contributed by atoms with E-state index in [0.29, 0.717) is 18.6 Å². The number of benzene rings is 3. The van der Waals surface area contributed by atoms with Crippen molar-refractivity contribution in [1.82, 2.24) is 9.13 Å². The molecule has 0 unspecified atom stereocenters. The molecule has 0 N–H and O–H groups in total. The molecule has 0 fully saturated rings. The summed E-state index contributed by atoms with van der Waals surface area (Å²) in [5.74, 6) is 0.755. The molecule has 0 saturated heterocycles. The Morgan fingerprint density at radius 3 is 2.25 bits per heavy atom. The fraction of sp³-hybridized carbons (Fsp3) is 0.107. The van der Waals surface area contributed by atoms with Crippen LogP contribution < -0.4 is 10.3 Å². The number of fused-ring (bicyclic) bond motifs is 3. The SMILES string of the molecule is C=CCn1c(-c2ccccc2)cc2c3cccc(OC)c3n(Cc3ccccc3)c2c1=O. The van der Waals surface area contributed by atoms with Gasteiger partial charge in [0.05, 0.1) is 18.3 Å². The van der Waals surface area contributed by atoms with Gasteiger partial charge in [-0.3, -0.25) is 4.79 Å². The van der Waals surface area contributed by atoms with Gasteiger partial charge in [0.25, 0.3) is 5.56 Å². The molecule has 0 bridgehead atoms. The molecule has 5 rings (SSSR count). The summed E-state index contributed by atoms with van der Waals surface area (Å²) in [6, 6.07) is 28.3. The molecule has 4 heteroatoms. The number of rotatable bonds is 6. The lowest BCUT2D eigenvalue weighted by atomic mass is 10.1. The molecule has 5 aromatic rings. The van der Waals surface area contributed by atoms with Crippen LogP contribution in [0, 0.1) is 0 Å². The molecule has 32 heavy (non-hydrogen) atoms. The Hall–Kier alpha value is -4.05. The van der Waals surface area contributed by atoms with Crippen molar-refractivity contribution in [2.75, 3.05) is 7.11 Å². The fourth-order valence-corrected chi connectivity index (χ4v) is 4.48. The zero-order valence-electron chi connectivity index (χ0n) is 18.0. The molecule has 4 nitrogen and oxygen atoms in total. The monoisotopic (exact) mass is 420 g/mol. The van der Waals surface area contributed by atoms with E-state index in [1.807, 2.05) is 60.7 Å². The molecule has 0 radical (unpaired) electrons. The Kier molecular flexibility index (Phi) is 5.12. The molecule has 158 valence electrons. The largest absolute Gasteiger partial charge is 0.495 e. The van der Waals surface area contributed by atoms with Crippen LogP contribution in [0.2, 0.25) is 0 Å². The van der Waals surface area contributed by atoms with Crippen LogP contribution in [0.5, 0.6) is 5.75 Å². The van der Waals surface area contributed by atoms with Gasteiger partial charge in [-0.25, -0.2) is 0 Å². The Bertz CT molecular complexity index is 1480. The van der Waals surface area contributed by atoms with Crippen molar-refractivity contribution in [1.29, 1.82) is 0 Å². The van der Waals surface area contributed by atoms with Crippen molar-refractivity contribution < 1.29 is 4.74 Å². The van der Waals surface area contributed by atoms with Crippen LogP contribution in [0.25, 0.3) is 33.1 Å². The molecule has 2 heterocycles. The number of para-hydroxylation sites is 1. The van der Waals surface area contributed by atoms with Gasteiger partial charge in [0.1, 0.15) is 11.3 Å². The van der Waals surface area contributed by atoms with Crippen LogP contribution in [0.15, 0.2) is 102 Å². The Balaban J connectivity index is 1.92. The van der Waals surface area contributed by atoms with Gasteiger partial charge in [-0.15, -0.1) is 6.58 Å². The Labute approximate surface area is 186 Å². The smallest absolute Gasteiger partial charge is 0.275 e. The summed E-state index contributed by atoms with van der Waals surface area (Å²) in [5.41, 5.74) is 4.58. The number of methoxy groups -OCH3 is 1. The fourth-order valence-electron chi connectivity index (χ4n) is 4.48. The zero-order valence-corrected chi connectivity index (χ0v) is 18.0. The summed E-state index contributed by atoms with van der Waals surface area (Å²) in [7, 11) is 1.67. The van der Waals surface area contributed by atoms with Gasteiger partial charge in [-0.05, 0) is 23.3 Å². The molecule has 0 aliphatic rings. The zero-order chi connectivity index (χ0) is 22.1. The molecule has 0 aliphatic carbocycles. The number of ether oxygens (including phenoxy) is 1. The summed E-state index contributed by atoms with van der Waals surface area (Å²) < 4.78 is 9.62. The number of allylic oxidation sites excluding steroid dienone is 1. The number of aromatic nitrogens is 2. The summed E-state index contributed by atoms with van der Waals surface area (Å²) in [6.07, 6.45) is 1.77. The summed E-state index contributed by atoms with van der Waals surface area (Å²) in [4.78, 5) is 13.9. The van der Waals surface area contributed by atoms with Crippen LogP contribution in [0.4, 0.5) is 0 Å². The minimum atomic E-state index is -0.0320. The standard InChI is InChI=1S/C28H24N2O2/c1-3-17-29-24(21-13-8-5-9-14-21)18-23-22-15-10-16-25(32-2)26(22)30(27(23)28(29)31)19-20-11-6-4-7-12-20/h3-16,18H,1,17,19H2,2H3. The highest BCUT2D eigenvalue weighted by atomic mass is 16.5. The first kappa shape index (κ1) is 19.9. The Morgan fingerprint density at radius 2 is 1.56 bits per heavy atom. The highest BCUT2D eigenvalue weighted by Crippen LogP contribution is 2.36. The minimum Gasteiger partial charge on any atom is -0.495 e. The topological polar surface area (TPSA) is 36.2 Å². The van der Waals surface area contributed by atoms with Crippen LogP contribution in [0.1, 0.15) is 5.56 Å². The van der Waals surface area contributed by atoms with E-state index in [2.05, 4.69) is 35.4 Å². The summed E-state index contributed by atoms with van der Waals surface area (Å²) in [5, 5.41) is 1.94. The number of hydrogen-bond acceptors (Lipinski definition) is 2. The van der Waals surface area contributed by atoms with Gasteiger partial charge in [0, 0.05) is 23.9 Å². The van der Waals surface area contributed by atoms with Crippen molar-refractivity contribution in [3.63, 3.8) is 0 Å². The maximum absolute atomic E-state index is 13.9. The van der Waals surface area contributed by atoms with Gasteiger partial charge in [0.2, 0.25) is 0 Å². The minimum absolute atomic E-state index is 0.0320. The molecule has 0 atom stereocenters. The third-order valence-electron chi connectivity index (χ3n) is 5.89. The second kappa shape index (κ2) is 8.23. The normalized spacial score (nSPS) is 11.2. The van der Waals surface area contributed by atoms with E-state index in [-0.39, 0.29) is 5.56 Å². The first-order valence-corrected chi connectivity index (χ1v) is 10.7. The molecular formula is C28H24N2O2. The summed E-state index contributed by atoms with van der Waals surface area (Å²) >= 11 is 0. The van der Waals surface area contributed by atoms with E-state index in [1.165, 1.54) is 0 Å². The molecule has 0 amide bonds. The predicted molar refractivity (Wildman–Crippen MR) is 131 cm³/mol. The number of hydrogen-bond donors (Lipinski definition) is 0. The molecule has 0 aliphatic heterocycles. The maximum atomic E-state index is 13.9. The van der Waals surface area contributed by atoms with E-state index in [0.717, 1.165) is 38.9 Å². The average Bonchev–Trinajstić information content (AvgIpc) is 3.15. The predicted octanol–water partition coefficient (Wildman–Crippen LogP) is 5.87. The molecular weight excluding hydrogens is 396 g/mol. The van der Waals surface area contributed by atoms with Crippen LogP contribution >= 0.6 is 0 Å². The van der Waals surface area contributed by atoms with Crippen molar-refractivity contribution in [3.8, 4) is 17.0 Å². The third kappa shape index (κ3) is 3.21. The van der Waals surface area contributed by atoms with Gasteiger partial charge in [-0.2, -0.15) is 0 Å². The summed E-state index contributed by atoms with van der Waals surface area (Å²) in [6.45, 7) is 4.90. The lowest BCUT2D eigenvalue weighted by Crippen LogP contribution is -2.23. The second-order valence-electron chi connectivity index (χ2n) is 7.79. The van der Waals surface area contributed by atoms with Crippen molar-refractivity contribution >= 4 is 21.8 Å². The average molecular weight is 421 g/mol. The van der Waals surface area contributed by atoms with E-state index >= 15 is 0 Å².